The summed E-state index contributed by atoms with van der Waals surface area (Å²) in [5.74, 6) is -0.0175. The predicted molar refractivity (Wildman–Crippen MR) is 73.7 cm³/mol. The highest BCUT2D eigenvalue weighted by Gasteiger charge is 2.25. The lowest BCUT2D eigenvalue weighted by atomic mass is 10.1. The van der Waals surface area contributed by atoms with E-state index in [4.69, 9.17) is 4.74 Å². The maximum absolute atomic E-state index is 12.7. The van der Waals surface area contributed by atoms with E-state index in [2.05, 4.69) is 10.1 Å². The number of ether oxygens (including phenoxy) is 1. The summed E-state index contributed by atoms with van der Waals surface area (Å²) >= 11 is 0. The van der Waals surface area contributed by atoms with Crippen LogP contribution >= 0.6 is 0 Å². The molecule has 2 aromatic rings. The second kappa shape index (κ2) is 5.20. The average Bonchev–Trinajstić information content (AvgIpc) is 2.94. The summed E-state index contributed by atoms with van der Waals surface area (Å²) < 4.78 is 6.95. The normalized spacial score (nSPS) is 16.5. The molecule has 0 aromatic carbocycles. The predicted octanol–water partition coefficient (Wildman–Crippen LogP) is 1.29. The van der Waals surface area contributed by atoms with E-state index in [1.165, 1.54) is 0 Å². The van der Waals surface area contributed by atoms with Gasteiger partial charge in [-0.1, -0.05) is 0 Å². The third-order valence-corrected chi connectivity index (χ3v) is 3.77. The molecule has 3 heterocycles. The number of carbonyl (C=O) groups excluding carboxylic acids is 1. The number of aromatic nitrogens is 3. The monoisotopic (exact) mass is 274 g/mol. The van der Waals surface area contributed by atoms with Gasteiger partial charge in [0.25, 0.3) is 5.91 Å². The minimum absolute atomic E-state index is 0.0175. The molecule has 0 bridgehead atoms. The number of rotatable bonds is 2. The Labute approximate surface area is 117 Å². The highest BCUT2D eigenvalue weighted by Crippen LogP contribution is 2.16. The zero-order valence-corrected chi connectivity index (χ0v) is 11.7. The lowest BCUT2D eigenvalue weighted by Gasteiger charge is -2.31. The first-order valence-corrected chi connectivity index (χ1v) is 6.83. The summed E-state index contributed by atoms with van der Waals surface area (Å²) in [7, 11) is 1.85. The molecule has 0 N–H and O–H groups in total. The van der Waals surface area contributed by atoms with Crippen LogP contribution < -0.4 is 0 Å². The number of aryl methyl sites for hydroxylation is 1. The van der Waals surface area contributed by atoms with Crippen LogP contribution in [0.2, 0.25) is 0 Å². The fraction of sp³-hybridized carbons (Fsp3) is 0.500. The Bertz CT molecular complexity index is 631. The van der Waals surface area contributed by atoms with E-state index in [-0.39, 0.29) is 11.9 Å². The minimum Gasteiger partial charge on any atom is -0.381 e. The van der Waals surface area contributed by atoms with E-state index in [0.29, 0.717) is 11.3 Å². The number of hydrogen-bond acceptors (Lipinski definition) is 4. The Hall–Kier alpha value is -1.95. The molecule has 1 fully saturated rings. The molecule has 1 amide bonds. The SMILES string of the molecule is Cc1cc(C(=O)N(C)C2CCOCC2)n2nccc2n1. The molecule has 2 aromatic heterocycles. The summed E-state index contributed by atoms with van der Waals surface area (Å²) in [6.45, 7) is 3.32. The first-order chi connectivity index (χ1) is 9.66. The van der Waals surface area contributed by atoms with Crippen LogP contribution in [-0.2, 0) is 4.74 Å². The van der Waals surface area contributed by atoms with Crippen molar-refractivity contribution in [1.29, 1.82) is 0 Å². The van der Waals surface area contributed by atoms with Crippen LogP contribution in [0.4, 0.5) is 0 Å². The molecule has 1 aliphatic heterocycles. The zero-order valence-electron chi connectivity index (χ0n) is 11.7. The fourth-order valence-corrected chi connectivity index (χ4v) is 2.61. The van der Waals surface area contributed by atoms with Gasteiger partial charge in [0.05, 0.1) is 6.20 Å². The Morgan fingerprint density at radius 1 is 1.45 bits per heavy atom. The van der Waals surface area contributed by atoms with Gasteiger partial charge in [-0.05, 0) is 25.8 Å². The summed E-state index contributed by atoms with van der Waals surface area (Å²) in [4.78, 5) is 18.9. The van der Waals surface area contributed by atoms with Crippen molar-refractivity contribution in [2.75, 3.05) is 20.3 Å². The van der Waals surface area contributed by atoms with Gasteiger partial charge in [-0.25, -0.2) is 9.50 Å². The van der Waals surface area contributed by atoms with Gasteiger partial charge >= 0.3 is 0 Å². The molecule has 6 heteroatoms. The van der Waals surface area contributed by atoms with Gasteiger partial charge in [0.2, 0.25) is 0 Å². The van der Waals surface area contributed by atoms with Crippen molar-refractivity contribution in [2.24, 2.45) is 0 Å². The van der Waals surface area contributed by atoms with Crippen molar-refractivity contribution in [3.05, 3.63) is 29.7 Å². The van der Waals surface area contributed by atoms with Gasteiger partial charge < -0.3 is 9.64 Å². The van der Waals surface area contributed by atoms with Gasteiger partial charge in [0, 0.05) is 38.1 Å². The lowest BCUT2D eigenvalue weighted by molar-refractivity contribution is 0.0357. The highest BCUT2D eigenvalue weighted by molar-refractivity contribution is 5.93. The van der Waals surface area contributed by atoms with Gasteiger partial charge in [0.1, 0.15) is 5.69 Å². The molecule has 0 radical (unpaired) electrons. The number of carbonyl (C=O) groups is 1. The number of amides is 1. The second-order valence-corrected chi connectivity index (χ2v) is 5.14. The molecule has 0 saturated carbocycles. The smallest absolute Gasteiger partial charge is 0.272 e. The maximum atomic E-state index is 12.7. The third-order valence-electron chi connectivity index (χ3n) is 3.77. The Morgan fingerprint density at radius 3 is 2.95 bits per heavy atom. The quantitative estimate of drug-likeness (QED) is 0.828. The van der Waals surface area contributed by atoms with Crippen molar-refractivity contribution in [1.82, 2.24) is 19.5 Å². The molecular formula is C14H18N4O2. The van der Waals surface area contributed by atoms with Gasteiger partial charge in [0.15, 0.2) is 5.65 Å². The standard InChI is InChI=1S/C14H18N4O2/c1-10-9-12(18-13(16-10)3-6-15-18)14(19)17(2)11-4-7-20-8-5-11/h3,6,9,11H,4-5,7-8H2,1-2H3. The molecule has 1 saturated heterocycles. The summed E-state index contributed by atoms with van der Waals surface area (Å²) in [6.07, 6.45) is 3.43. The van der Waals surface area contributed by atoms with E-state index in [1.807, 2.05) is 14.0 Å². The van der Waals surface area contributed by atoms with Gasteiger partial charge in [-0.2, -0.15) is 5.10 Å². The van der Waals surface area contributed by atoms with Crippen LogP contribution in [-0.4, -0.2) is 51.7 Å². The summed E-state index contributed by atoms with van der Waals surface area (Å²) in [5, 5.41) is 4.19. The van der Waals surface area contributed by atoms with E-state index < -0.39 is 0 Å². The first-order valence-electron chi connectivity index (χ1n) is 6.83. The van der Waals surface area contributed by atoms with Crippen LogP contribution in [0, 0.1) is 6.92 Å². The zero-order chi connectivity index (χ0) is 14.1. The molecule has 106 valence electrons. The molecule has 3 rings (SSSR count). The molecule has 6 nitrogen and oxygen atoms in total. The van der Waals surface area contributed by atoms with Gasteiger partial charge in [-0.15, -0.1) is 0 Å². The van der Waals surface area contributed by atoms with E-state index in [1.54, 1.807) is 27.7 Å². The minimum atomic E-state index is -0.0175. The van der Waals surface area contributed by atoms with Crippen LogP contribution in [0.3, 0.4) is 0 Å². The fourth-order valence-electron chi connectivity index (χ4n) is 2.61. The van der Waals surface area contributed by atoms with Crippen molar-refractivity contribution in [3.63, 3.8) is 0 Å². The largest absolute Gasteiger partial charge is 0.381 e. The second-order valence-electron chi connectivity index (χ2n) is 5.14. The molecule has 1 aliphatic rings. The summed E-state index contributed by atoms with van der Waals surface area (Å²) in [6, 6.07) is 3.83. The molecule has 0 unspecified atom stereocenters. The summed E-state index contributed by atoms with van der Waals surface area (Å²) in [5.41, 5.74) is 2.09. The Kier molecular flexibility index (Phi) is 3.40. The van der Waals surface area contributed by atoms with E-state index in [0.717, 1.165) is 31.7 Å². The van der Waals surface area contributed by atoms with Gasteiger partial charge in [-0.3, -0.25) is 4.79 Å². The van der Waals surface area contributed by atoms with Crippen molar-refractivity contribution >= 4 is 11.6 Å². The van der Waals surface area contributed by atoms with Crippen LogP contribution in [0.15, 0.2) is 18.3 Å². The lowest BCUT2D eigenvalue weighted by Crippen LogP contribution is -2.41. The molecule has 0 aliphatic carbocycles. The van der Waals surface area contributed by atoms with E-state index in [9.17, 15) is 4.79 Å². The maximum Gasteiger partial charge on any atom is 0.272 e. The molecule has 0 spiro atoms. The highest BCUT2D eigenvalue weighted by atomic mass is 16.5. The molecule has 20 heavy (non-hydrogen) atoms. The van der Waals surface area contributed by atoms with Crippen LogP contribution in [0.25, 0.3) is 5.65 Å². The third kappa shape index (κ3) is 2.27. The Morgan fingerprint density at radius 2 is 2.20 bits per heavy atom. The molecular weight excluding hydrogens is 256 g/mol. The van der Waals surface area contributed by atoms with Crippen molar-refractivity contribution in [2.45, 2.75) is 25.8 Å². The van der Waals surface area contributed by atoms with Crippen molar-refractivity contribution in [3.8, 4) is 0 Å². The van der Waals surface area contributed by atoms with Crippen LogP contribution in [0.5, 0.6) is 0 Å². The topological polar surface area (TPSA) is 59.7 Å². The Balaban J connectivity index is 1.93. The first kappa shape index (κ1) is 13.1. The number of fused-ring (bicyclic) bond motifs is 1. The van der Waals surface area contributed by atoms with E-state index >= 15 is 0 Å². The van der Waals surface area contributed by atoms with Crippen molar-refractivity contribution < 1.29 is 9.53 Å². The molecule has 0 atom stereocenters. The number of nitrogens with zero attached hydrogens (tertiary/aromatic N) is 4. The van der Waals surface area contributed by atoms with Crippen LogP contribution in [0.1, 0.15) is 29.0 Å². The average molecular weight is 274 g/mol. The number of hydrogen-bond donors (Lipinski definition) is 0.